The van der Waals surface area contributed by atoms with Crippen molar-refractivity contribution < 1.29 is 8.42 Å². The number of nitrogens with one attached hydrogen (secondary N) is 1. The van der Waals surface area contributed by atoms with Gasteiger partial charge in [-0.2, -0.15) is 4.31 Å². The molecule has 1 aliphatic rings. The molecule has 0 atom stereocenters. The molecule has 1 aromatic heterocycles. The maximum Gasteiger partial charge on any atom is 0.243 e. The van der Waals surface area contributed by atoms with E-state index >= 15 is 0 Å². The fraction of sp³-hybridized carbons (Fsp3) is 0.211. The zero-order chi connectivity index (χ0) is 19.7. The van der Waals surface area contributed by atoms with E-state index in [2.05, 4.69) is 10.3 Å². The number of aromatic nitrogens is 1. The Hall–Kier alpha value is -1.64. The number of anilines is 2. The molecule has 28 heavy (non-hydrogen) atoms. The molecule has 146 valence electrons. The predicted molar refractivity (Wildman–Crippen MR) is 115 cm³/mol. The lowest BCUT2D eigenvalue weighted by atomic mass is 10.2. The Morgan fingerprint density at radius 3 is 2.29 bits per heavy atom. The van der Waals surface area contributed by atoms with E-state index in [1.165, 1.54) is 11.3 Å². The molecule has 0 bridgehead atoms. The summed E-state index contributed by atoms with van der Waals surface area (Å²) in [7, 11) is -3.40. The van der Waals surface area contributed by atoms with Gasteiger partial charge in [0.15, 0.2) is 5.13 Å². The van der Waals surface area contributed by atoms with Gasteiger partial charge in [0, 0.05) is 39.8 Å². The third-order valence-corrected chi connectivity index (χ3v) is 7.58. The molecule has 1 aliphatic heterocycles. The predicted octanol–water partition coefficient (Wildman–Crippen LogP) is 5.65. The second-order valence-electron chi connectivity index (χ2n) is 6.46. The first-order valence-corrected chi connectivity index (χ1v) is 11.8. The van der Waals surface area contributed by atoms with Crippen molar-refractivity contribution >= 4 is 55.4 Å². The van der Waals surface area contributed by atoms with Crippen molar-refractivity contribution in [2.45, 2.75) is 17.7 Å². The lowest BCUT2D eigenvalue weighted by Gasteiger charge is -2.15. The van der Waals surface area contributed by atoms with Gasteiger partial charge in [0.25, 0.3) is 0 Å². The molecule has 2 heterocycles. The van der Waals surface area contributed by atoms with E-state index in [-0.39, 0.29) is 0 Å². The van der Waals surface area contributed by atoms with Crippen molar-refractivity contribution in [1.82, 2.24) is 9.29 Å². The minimum absolute atomic E-state index is 0.320. The van der Waals surface area contributed by atoms with Gasteiger partial charge in [-0.3, -0.25) is 0 Å². The number of hydrogen-bond donors (Lipinski definition) is 1. The lowest BCUT2D eigenvalue weighted by molar-refractivity contribution is 0.477. The van der Waals surface area contributed by atoms with E-state index in [0.717, 1.165) is 29.8 Å². The Kier molecular flexibility index (Phi) is 5.62. The standard InChI is InChI=1S/C19H17Cl2N3O2S2/c20-14-9-15(21)11-16(10-14)22-19-23-18(12-27-19)13-3-5-17(6-4-13)28(25,26)24-7-1-2-8-24/h3-6,9-12H,1-2,7-8H2,(H,22,23). The van der Waals surface area contributed by atoms with Gasteiger partial charge in [0.05, 0.1) is 10.6 Å². The normalized spacial score (nSPS) is 15.1. The zero-order valence-corrected chi connectivity index (χ0v) is 17.9. The van der Waals surface area contributed by atoms with Crippen molar-refractivity contribution in [1.29, 1.82) is 0 Å². The van der Waals surface area contributed by atoms with Crippen LogP contribution in [0.2, 0.25) is 10.0 Å². The van der Waals surface area contributed by atoms with Crippen molar-refractivity contribution in [3.05, 3.63) is 57.9 Å². The van der Waals surface area contributed by atoms with Gasteiger partial charge in [-0.1, -0.05) is 35.3 Å². The molecule has 1 fully saturated rings. The van der Waals surface area contributed by atoms with Crippen molar-refractivity contribution in [3.8, 4) is 11.3 Å². The smallest absolute Gasteiger partial charge is 0.243 e. The summed E-state index contributed by atoms with van der Waals surface area (Å²) in [6, 6.07) is 12.1. The molecule has 2 aromatic carbocycles. The van der Waals surface area contributed by atoms with Gasteiger partial charge < -0.3 is 5.32 Å². The zero-order valence-electron chi connectivity index (χ0n) is 14.7. The molecule has 0 unspecified atom stereocenters. The molecule has 0 aliphatic carbocycles. The molecule has 5 nitrogen and oxygen atoms in total. The Morgan fingerprint density at radius 2 is 1.64 bits per heavy atom. The molecule has 0 amide bonds. The largest absolute Gasteiger partial charge is 0.331 e. The molecular formula is C19H17Cl2N3O2S2. The Balaban J connectivity index is 1.52. The van der Waals surface area contributed by atoms with Crippen LogP contribution in [0.25, 0.3) is 11.3 Å². The summed E-state index contributed by atoms with van der Waals surface area (Å²) >= 11 is 13.5. The van der Waals surface area contributed by atoms with Crippen LogP contribution in [0.1, 0.15) is 12.8 Å². The fourth-order valence-electron chi connectivity index (χ4n) is 3.09. The highest BCUT2D eigenvalue weighted by Crippen LogP contribution is 2.30. The number of rotatable bonds is 5. The number of halogens is 2. The summed E-state index contributed by atoms with van der Waals surface area (Å²) in [5, 5.41) is 6.88. The van der Waals surface area contributed by atoms with Gasteiger partial charge in [0.1, 0.15) is 0 Å². The van der Waals surface area contributed by atoms with E-state index < -0.39 is 10.0 Å². The Bertz CT molecular complexity index is 1070. The van der Waals surface area contributed by atoms with Crippen LogP contribution >= 0.6 is 34.5 Å². The van der Waals surface area contributed by atoms with Crippen LogP contribution in [0.15, 0.2) is 52.7 Å². The maximum absolute atomic E-state index is 12.6. The van der Waals surface area contributed by atoms with Gasteiger partial charge in [-0.15, -0.1) is 11.3 Å². The number of sulfonamides is 1. The molecular weight excluding hydrogens is 437 g/mol. The molecule has 0 saturated carbocycles. The molecule has 1 N–H and O–H groups in total. The van der Waals surface area contributed by atoms with Gasteiger partial charge in [-0.05, 0) is 43.2 Å². The summed E-state index contributed by atoms with van der Waals surface area (Å²) in [4.78, 5) is 4.89. The van der Waals surface area contributed by atoms with Crippen LogP contribution in [-0.2, 0) is 10.0 Å². The Morgan fingerprint density at radius 1 is 1.00 bits per heavy atom. The van der Waals surface area contributed by atoms with Crippen LogP contribution in [0.5, 0.6) is 0 Å². The number of nitrogens with zero attached hydrogens (tertiary/aromatic N) is 2. The SMILES string of the molecule is O=S(=O)(c1ccc(-c2csc(Nc3cc(Cl)cc(Cl)c3)n2)cc1)N1CCCC1. The second-order valence-corrected chi connectivity index (χ2v) is 10.1. The first-order valence-electron chi connectivity index (χ1n) is 8.71. The van der Waals surface area contributed by atoms with E-state index in [9.17, 15) is 8.42 Å². The minimum atomic E-state index is -3.40. The number of benzene rings is 2. The first-order chi connectivity index (χ1) is 13.4. The van der Waals surface area contributed by atoms with Crippen molar-refractivity contribution in [3.63, 3.8) is 0 Å². The fourth-order valence-corrected chi connectivity index (χ4v) is 5.87. The third kappa shape index (κ3) is 4.18. The summed E-state index contributed by atoms with van der Waals surface area (Å²) in [5.41, 5.74) is 2.38. The van der Waals surface area contributed by atoms with Crippen LogP contribution < -0.4 is 5.32 Å². The van der Waals surface area contributed by atoms with E-state index in [1.54, 1.807) is 46.8 Å². The van der Waals surface area contributed by atoms with E-state index in [1.807, 2.05) is 5.38 Å². The Labute approximate surface area is 178 Å². The molecule has 0 spiro atoms. The first kappa shape index (κ1) is 19.7. The summed E-state index contributed by atoms with van der Waals surface area (Å²) in [6.07, 6.45) is 1.84. The minimum Gasteiger partial charge on any atom is -0.331 e. The highest BCUT2D eigenvalue weighted by atomic mass is 35.5. The van der Waals surface area contributed by atoms with Crippen molar-refractivity contribution in [2.75, 3.05) is 18.4 Å². The lowest BCUT2D eigenvalue weighted by Crippen LogP contribution is -2.27. The van der Waals surface area contributed by atoms with Crippen LogP contribution in [0, 0.1) is 0 Å². The highest BCUT2D eigenvalue weighted by Gasteiger charge is 2.27. The van der Waals surface area contributed by atoms with Crippen LogP contribution in [0.4, 0.5) is 10.8 Å². The summed E-state index contributed by atoms with van der Waals surface area (Å²) < 4.78 is 26.8. The van der Waals surface area contributed by atoms with Gasteiger partial charge >= 0.3 is 0 Å². The third-order valence-electron chi connectivity index (χ3n) is 4.47. The number of hydrogen-bond acceptors (Lipinski definition) is 5. The summed E-state index contributed by atoms with van der Waals surface area (Å²) in [6.45, 7) is 1.19. The van der Waals surface area contributed by atoms with Crippen LogP contribution in [-0.4, -0.2) is 30.8 Å². The maximum atomic E-state index is 12.6. The monoisotopic (exact) mass is 453 g/mol. The molecule has 9 heteroatoms. The topological polar surface area (TPSA) is 62.3 Å². The van der Waals surface area contributed by atoms with Crippen LogP contribution in [0.3, 0.4) is 0 Å². The summed E-state index contributed by atoms with van der Waals surface area (Å²) in [5.74, 6) is 0. The van der Waals surface area contributed by atoms with Gasteiger partial charge in [0.2, 0.25) is 10.0 Å². The van der Waals surface area contributed by atoms with E-state index in [4.69, 9.17) is 23.2 Å². The van der Waals surface area contributed by atoms with Crippen molar-refractivity contribution in [2.24, 2.45) is 0 Å². The second kappa shape index (κ2) is 8.00. The molecule has 3 aromatic rings. The van der Waals surface area contributed by atoms with Gasteiger partial charge in [-0.25, -0.2) is 13.4 Å². The van der Waals surface area contributed by atoms with E-state index in [0.29, 0.717) is 33.2 Å². The highest BCUT2D eigenvalue weighted by molar-refractivity contribution is 7.89. The average Bonchev–Trinajstić information content (AvgIpc) is 3.33. The molecule has 0 radical (unpaired) electrons. The number of thiazole rings is 1. The quantitative estimate of drug-likeness (QED) is 0.542. The average molecular weight is 454 g/mol. The molecule has 4 rings (SSSR count). The molecule has 1 saturated heterocycles.